The number of nitriles is 1. The van der Waals surface area contributed by atoms with Crippen molar-refractivity contribution in [2.45, 2.75) is 26.3 Å². The molecule has 94 valence electrons. The third kappa shape index (κ3) is 6.14. The van der Waals surface area contributed by atoms with Crippen molar-refractivity contribution < 1.29 is 14.4 Å². The molecule has 0 radical (unpaired) electrons. The number of hydrogen-bond donors (Lipinski definition) is 3. The van der Waals surface area contributed by atoms with E-state index < -0.39 is 17.9 Å². The van der Waals surface area contributed by atoms with Gasteiger partial charge in [-0.05, 0) is 13.3 Å². The highest BCUT2D eigenvalue weighted by atomic mass is 16.2. The summed E-state index contributed by atoms with van der Waals surface area (Å²) in [5, 5.41) is 15.1. The van der Waals surface area contributed by atoms with Gasteiger partial charge in [0.1, 0.15) is 12.6 Å². The Morgan fingerprint density at radius 1 is 1.24 bits per heavy atom. The quantitative estimate of drug-likeness (QED) is 0.408. The molecule has 0 rings (SSSR count). The van der Waals surface area contributed by atoms with E-state index in [0.717, 1.165) is 6.42 Å². The highest BCUT2D eigenvalue weighted by Gasteiger charge is 2.19. The van der Waals surface area contributed by atoms with Gasteiger partial charge in [-0.1, -0.05) is 6.92 Å². The summed E-state index contributed by atoms with van der Waals surface area (Å²) in [6.45, 7) is 3.64. The minimum absolute atomic E-state index is 0.247. The number of carbonyl (C=O) groups is 3. The Balaban J connectivity index is 4.06. The first kappa shape index (κ1) is 14.9. The van der Waals surface area contributed by atoms with Crippen molar-refractivity contribution in [3.05, 3.63) is 0 Å². The van der Waals surface area contributed by atoms with Crippen LogP contribution in [0, 0.1) is 11.3 Å². The molecule has 7 heteroatoms. The number of nitrogens with one attached hydrogen (secondary N) is 3. The number of nitrogens with zero attached hydrogens (tertiary/aromatic N) is 1. The Hall–Kier alpha value is -2.10. The fourth-order valence-electron chi connectivity index (χ4n) is 0.929. The van der Waals surface area contributed by atoms with E-state index in [1.807, 2.05) is 6.92 Å². The second-order valence-electron chi connectivity index (χ2n) is 3.33. The van der Waals surface area contributed by atoms with Crippen molar-refractivity contribution in [2.75, 3.05) is 13.1 Å². The maximum Gasteiger partial charge on any atom is 0.310 e. The van der Waals surface area contributed by atoms with Crippen molar-refractivity contribution >= 4 is 17.7 Å². The van der Waals surface area contributed by atoms with Crippen molar-refractivity contribution in [2.24, 2.45) is 0 Å². The Kier molecular flexibility index (Phi) is 7.10. The lowest BCUT2D eigenvalue weighted by atomic mass is 10.3. The second-order valence-corrected chi connectivity index (χ2v) is 3.33. The maximum atomic E-state index is 11.4. The molecule has 0 spiro atoms. The van der Waals surface area contributed by atoms with E-state index in [9.17, 15) is 14.4 Å². The minimum atomic E-state index is -0.931. The van der Waals surface area contributed by atoms with Crippen LogP contribution in [0.1, 0.15) is 20.3 Å². The predicted molar refractivity (Wildman–Crippen MR) is 59.5 cm³/mol. The molecule has 0 aromatic heterocycles. The third-order valence-corrected chi connectivity index (χ3v) is 1.82. The summed E-state index contributed by atoms with van der Waals surface area (Å²) in [5.41, 5.74) is 0. The summed E-state index contributed by atoms with van der Waals surface area (Å²) in [5.74, 6) is -2.21. The molecular formula is C10H16N4O3. The standard InChI is InChI=1S/C10H16N4O3/c1-3-5-12-8(15)7(2)14-10(17)9(16)13-6-4-11/h7H,3,5-6H2,1-2H3,(H,12,15)(H,13,16)(H,14,17). The van der Waals surface area contributed by atoms with Gasteiger partial charge in [0, 0.05) is 6.54 Å². The van der Waals surface area contributed by atoms with Gasteiger partial charge < -0.3 is 16.0 Å². The van der Waals surface area contributed by atoms with Crippen molar-refractivity contribution in [1.82, 2.24) is 16.0 Å². The summed E-state index contributed by atoms with van der Waals surface area (Å²) < 4.78 is 0. The predicted octanol–water partition coefficient (Wildman–Crippen LogP) is -1.34. The molecule has 0 aliphatic carbocycles. The zero-order chi connectivity index (χ0) is 13.3. The monoisotopic (exact) mass is 240 g/mol. The molecule has 0 heterocycles. The first-order valence-electron chi connectivity index (χ1n) is 5.26. The second kappa shape index (κ2) is 8.10. The van der Waals surface area contributed by atoms with E-state index in [-0.39, 0.29) is 12.5 Å². The fourth-order valence-corrected chi connectivity index (χ4v) is 0.929. The Bertz CT molecular complexity index is 335. The molecule has 1 atom stereocenters. The normalized spacial score (nSPS) is 10.9. The van der Waals surface area contributed by atoms with Crippen molar-refractivity contribution in [3.8, 4) is 6.07 Å². The molecule has 0 saturated heterocycles. The topological polar surface area (TPSA) is 111 Å². The zero-order valence-corrected chi connectivity index (χ0v) is 9.87. The van der Waals surface area contributed by atoms with Crippen LogP contribution in [-0.2, 0) is 14.4 Å². The zero-order valence-electron chi connectivity index (χ0n) is 9.87. The first-order valence-corrected chi connectivity index (χ1v) is 5.26. The van der Waals surface area contributed by atoms with Gasteiger partial charge in [0.25, 0.3) is 0 Å². The summed E-state index contributed by atoms with van der Waals surface area (Å²) in [4.78, 5) is 33.7. The van der Waals surface area contributed by atoms with Crippen LogP contribution in [0.15, 0.2) is 0 Å². The van der Waals surface area contributed by atoms with Gasteiger partial charge >= 0.3 is 11.8 Å². The Labute approximate surface area is 99.6 Å². The number of carbonyl (C=O) groups excluding carboxylic acids is 3. The molecule has 0 bridgehead atoms. The minimum Gasteiger partial charge on any atom is -0.354 e. The number of hydrogen-bond acceptors (Lipinski definition) is 4. The molecule has 1 unspecified atom stereocenters. The highest BCUT2D eigenvalue weighted by molar-refractivity contribution is 6.35. The van der Waals surface area contributed by atoms with Crippen LogP contribution >= 0.6 is 0 Å². The van der Waals surface area contributed by atoms with Gasteiger partial charge in [-0.2, -0.15) is 5.26 Å². The van der Waals surface area contributed by atoms with Gasteiger partial charge in [-0.3, -0.25) is 14.4 Å². The van der Waals surface area contributed by atoms with Gasteiger partial charge in [-0.15, -0.1) is 0 Å². The molecule has 0 aromatic carbocycles. The van der Waals surface area contributed by atoms with E-state index in [1.54, 1.807) is 6.07 Å². The van der Waals surface area contributed by atoms with Gasteiger partial charge in [-0.25, -0.2) is 0 Å². The van der Waals surface area contributed by atoms with Gasteiger partial charge in [0.2, 0.25) is 5.91 Å². The molecule has 0 aliphatic rings. The smallest absolute Gasteiger partial charge is 0.310 e. The first-order chi connectivity index (χ1) is 8.02. The molecule has 3 N–H and O–H groups in total. The molecule has 3 amide bonds. The van der Waals surface area contributed by atoms with Crippen LogP contribution in [-0.4, -0.2) is 36.9 Å². The van der Waals surface area contributed by atoms with Gasteiger partial charge in [0.15, 0.2) is 0 Å². The van der Waals surface area contributed by atoms with E-state index in [2.05, 4.69) is 16.0 Å². The molecule has 0 fully saturated rings. The van der Waals surface area contributed by atoms with Gasteiger partial charge in [0.05, 0.1) is 6.07 Å². The number of rotatable bonds is 5. The average Bonchev–Trinajstić information content (AvgIpc) is 2.32. The van der Waals surface area contributed by atoms with Crippen LogP contribution in [0.5, 0.6) is 0 Å². The number of amides is 3. The fraction of sp³-hybridized carbons (Fsp3) is 0.600. The lowest BCUT2D eigenvalue weighted by Crippen LogP contribution is -2.49. The lowest BCUT2D eigenvalue weighted by molar-refractivity contribution is -0.140. The van der Waals surface area contributed by atoms with Crippen molar-refractivity contribution in [1.29, 1.82) is 5.26 Å². The average molecular weight is 240 g/mol. The van der Waals surface area contributed by atoms with Crippen LogP contribution in [0.4, 0.5) is 0 Å². The molecule has 17 heavy (non-hydrogen) atoms. The summed E-state index contributed by atoms with van der Waals surface area (Å²) >= 11 is 0. The van der Waals surface area contributed by atoms with Crippen LogP contribution in [0.2, 0.25) is 0 Å². The van der Waals surface area contributed by atoms with Crippen LogP contribution < -0.4 is 16.0 Å². The molecule has 0 aliphatic heterocycles. The SMILES string of the molecule is CCCNC(=O)C(C)NC(=O)C(=O)NCC#N. The summed E-state index contributed by atoms with van der Waals surface area (Å²) in [7, 11) is 0. The Morgan fingerprint density at radius 2 is 1.88 bits per heavy atom. The molecule has 0 aromatic rings. The molecule has 7 nitrogen and oxygen atoms in total. The summed E-state index contributed by atoms with van der Waals surface area (Å²) in [6, 6.07) is 0.876. The lowest BCUT2D eigenvalue weighted by Gasteiger charge is -2.12. The molecular weight excluding hydrogens is 224 g/mol. The van der Waals surface area contributed by atoms with Crippen LogP contribution in [0.3, 0.4) is 0 Å². The van der Waals surface area contributed by atoms with E-state index in [4.69, 9.17) is 5.26 Å². The van der Waals surface area contributed by atoms with E-state index in [0.29, 0.717) is 6.54 Å². The van der Waals surface area contributed by atoms with E-state index in [1.165, 1.54) is 6.92 Å². The highest BCUT2D eigenvalue weighted by Crippen LogP contribution is 1.83. The van der Waals surface area contributed by atoms with E-state index >= 15 is 0 Å². The Morgan fingerprint density at radius 3 is 2.41 bits per heavy atom. The largest absolute Gasteiger partial charge is 0.354 e. The molecule has 0 saturated carbocycles. The van der Waals surface area contributed by atoms with Crippen LogP contribution in [0.25, 0.3) is 0 Å². The summed E-state index contributed by atoms with van der Waals surface area (Å²) in [6.07, 6.45) is 0.787. The third-order valence-electron chi connectivity index (χ3n) is 1.82. The maximum absolute atomic E-state index is 11.4. The van der Waals surface area contributed by atoms with Crippen molar-refractivity contribution in [3.63, 3.8) is 0 Å².